The van der Waals surface area contributed by atoms with Crippen molar-refractivity contribution in [3.8, 4) is 0 Å². The molecule has 1 atom stereocenters. The van der Waals surface area contributed by atoms with Crippen LogP contribution in [0.3, 0.4) is 0 Å². The van der Waals surface area contributed by atoms with Gasteiger partial charge < -0.3 is 4.74 Å². The third-order valence-electron chi connectivity index (χ3n) is 4.00. The molecule has 0 saturated heterocycles. The van der Waals surface area contributed by atoms with Gasteiger partial charge >= 0.3 is 5.97 Å². The minimum Gasteiger partial charge on any atom is -0.464 e. The summed E-state index contributed by atoms with van der Waals surface area (Å²) in [4.78, 5) is 37.7. The Kier molecular flexibility index (Phi) is 5.22. The molecule has 0 spiro atoms. The number of hydrogen-bond acceptors (Lipinski definition) is 5. The lowest BCUT2D eigenvalue weighted by Crippen LogP contribution is -2.39. The van der Waals surface area contributed by atoms with Gasteiger partial charge in [-0.05, 0) is 19.1 Å². The lowest BCUT2D eigenvalue weighted by Gasteiger charge is -2.19. The van der Waals surface area contributed by atoms with E-state index in [1.165, 1.54) is 0 Å². The first-order valence-electron chi connectivity index (χ1n) is 8.34. The van der Waals surface area contributed by atoms with Gasteiger partial charge in [-0.2, -0.15) is 5.10 Å². The second-order valence-corrected chi connectivity index (χ2v) is 5.73. The Labute approximate surface area is 151 Å². The molecule has 1 aliphatic rings. The molecule has 6 heteroatoms. The number of esters is 1. The summed E-state index contributed by atoms with van der Waals surface area (Å²) < 4.78 is 5.06. The van der Waals surface area contributed by atoms with Crippen molar-refractivity contribution in [1.82, 2.24) is 5.01 Å². The van der Waals surface area contributed by atoms with E-state index >= 15 is 0 Å². The van der Waals surface area contributed by atoms with Crippen LogP contribution in [-0.2, 0) is 9.53 Å². The molecule has 0 bridgehead atoms. The number of ether oxygens (including phenoxy) is 1. The van der Waals surface area contributed by atoms with Gasteiger partial charge in [-0.15, -0.1) is 0 Å². The summed E-state index contributed by atoms with van der Waals surface area (Å²) in [6.07, 6.45) is 0.0329. The van der Waals surface area contributed by atoms with Gasteiger partial charge in [0.15, 0.2) is 6.04 Å². The lowest BCUT2D eigenvalue weighted by molar-refractivity contribution is -0.147. The topological polar surface area (TPSA) is 76.0 Å². The zero-order valence-electron chi connectivity index (χ0n) is 14.3. The molecule has 2 aromatic rings. The Morgan fingerprint density at radius 1 is 1.00 bits per heavy atom. The molecule has 2 aromatic carbocycles. The number of ketones is 1. The van der Waals surface area contributed by atoms with Crippen LogP contribution >= 0.6 is 0 Å². The fraction of sp³-hybridized carbons (Fsp3) is 0.200. The van der Waals surface area contributed by atoms with Crippen molar-refractivity contribution >= 4 is 23.4 Å². The fourth-order valence-electron chi connectivity index (χ4n) is 2.73. The molecule has 6 nitrogen and oxygen atoms in total. The SMILES string of the molecule is CCOC(=O)C1CC(C(=O)c2ccccc2)=NN1C(=O)c1ccccc1. The van der Waals surface area contributed by atoms with Crippen molar-refractivity contribution in [3.05, 3.63) is 71.8 Å². The van der Waals surface area contributed by atoms with Crippen molar-refractivity contribution in [1.29, 1.82) is 0 Å². The largest absolute Gasteiger partial charge is 0.464 e. The van der Waals surface area contributed by atoms with E-state index in [4.69, 9.17) is 4.74 Å². The molecule has 26 heavy (non-hydrogen) atoms. The minimum absolute atomic E-state index is 0.0329. The maximum Gasteiger partial charge on any atom is 0.331 e. The summed E-state index contributed by atoms with van der Waals surface area (Å²) >= 11 is 0. The quantitative estimate of drug-likeness (QED) is 0.614. The van der Waals surface area contributed by atoms with Gasteiger partial charge in [0.1, 0.15) is 5.71 Å². The van der Waals surface area contributed by atoms with Crippen LogP contribution in [0.25, 0.3) is 0 Å². The third kappa shape index (κ3) is 3.54. The number of carbonyl (C=O) groups excluding carboxylic acids is 3. The first-order valence-corrected chi connectivity index (χ1v) is 8.34. The number of hydrogen-bond donors (Lipinski definition) is 0. The standard InChI is InChI=1S/C20H18N2O4/c1-2-26-20(25)17-13-16(18(23)14-9-5-3-6-10-14)21-22(17)19(24)15-11-7-4-8-12-15/h3-12,17H,2,13H2,1H3. The van der Waals surface area contributed by atoms with E-state index < -0.39 is 17.9 Å². The zero-order chi connectivity index (χ0) is 18.5. The van der Waals surface area contributed by atoms with E-state index in [0.717, 1.165) is 5.01 Å². The number of amides is 1. The highest BCUT2D eigenvalue weighted by molar-refractivity contribution is 6.46. The van der Waals surface area contributed by atoms with Crippen LogP contribution < -0.4 is 0 Å². The maximum atomic E-state index is 12.8. The predicted molar refractivity (Wildman–Crippen MR) is 95.9 cm³/mol. The summed E-state index contributed by atoms with van der Waals surface area (Å²) in [6, 6.07) is 16.2. The number of Topliss-reactive ketones (excluding diaryl/α,β-unsaturated/α-hetero) is 1. The average molecular weight is 350 g/mol. The molecular weight excluding hydrogens is 332 g/mol. The van der Waals surface area contributed by atoms with E-state index in [1.807, 2.05) is 0 Å². The molecular formula is C20H18N2O4. The third-order valence-corrected chi connectivity index (χ3v) is 4.00. The Morgan fingerprint density at radius 3 is 2.15 bits per heavy atom. The monoisotopic (exact) mass is 350 g/mol. The van der Waals surface area contributed by atoms with Gasteiger partial charge in [0.2, 0.25) is 5.78 Å². The van der Waals surface area contributed by atoms with E-state index in [2.05, 4.69) is 5.10 Å². The summed E-state index contributed by atoms with van der Waals surface area (Å²) in [5, 5.41) is 5.23. The average Bonchev–Trinajstić information content (AvgIpc) is 3.14. The van der Waals surface area contributed by atoms with E-state index in [1.54, 1.807) is 67.6 Å². The molecule has 1 unspecified atom stereocenters. The highest BCUT2D eigenvalue weighted by Gasteiger charge is 2.40. The van der Waals surface area contributed by atoms with Gasteiger partial charge in [-0.1, -0.05) is 48.5 Å². The molecule has 0 radical (unpaired) electrons. The first kappa shape index (κ1) is 17.5. The molecule has 0 aliphatic carbocycles. The van der Waals surface area contributed by atoms with Crippen molar-refractivity contribution in [2.24, 2.45) is 5.10 Å². The molecule has 1 amide bonds. The number of carbonyl (C=O) groups is 3. The number of benzene rings is 2. The van der Waals surface area contributed by atoms with Crippen LogP contribution in [0.15, 0.2) is 65.8 Å². The van der Waals surface area contributed by atoms with E-state index in [-0.39, 0.29) is 24.5 Å². The Bertz CT molecular complexity index is 847. The van der Waals surface area contributed by atoms with Crippen LogP contribution in [-0.4, -0.2) is 41.0 Å². The second-order valence-electron chi connectivity index (χ2n) is 5.73. The molecule has 1 heterocycles. The van der Waals surface area contributed by atoms with Gasteiger partial charge in [0.05, 0.1) is 6.61 Å². The van der Waals surface area contributed by atoms with Crippen LogP contribution in [0, 0.1) is 0 Å². The molecule has 1 aliphatic heterocycles. The smallest absolute Gasteiger partial charge is 0.331 e. The summed E-state index contributed by atoms with van der Waals surface area (Å²) in [6.45, 7) is 1.87. The summed E-state index contributed by atoms with van der Waals surface area (Å²) in [5.41, 5.74) is 1.01. The van der Waals surface area contributed by atoms with Crippen LogP contribution in [0.5, 0.6) is 0 Å². The number of hydrazone groups is 1. The summed E-state index contributed by atoms with van der Waals surface area (Å²) in [5.74, 6) is -1.32. The summed E-state index contributed by atoms with van der Waals surface area (Å²) in [7, 11) is 0. The Hall–Kier alpha value is -3.28. The van der Waals surface area contributed by atoms with Crippen molar-refractivity contribution in [2.75, 3.05) is 6.61 Å². The normalized spacial score (nSPS) is 16.1. The highest BCUT2D eigenvalue weighted by Crippen LogP contribution is 2.22. The lowest BCUT2D eigenvalue weighted by atomic mass is 10.0. The van der Waals surface area contributed by atoms with Gasteiger partial charge in [-0.25, -0.2) is 9.80 Å². The highest BCUT2D eigenvalue weighted by atomic mass is 16.5. The molecule has 132 valence electrons. The minimum atomic E-state index is -0.940. The molecule has 0 aromatic heterocycles. The first-order chi connectivity index (χ1) is 12.6. The van der Waals surface area contributed by atoms with Crippen LogP contribution in [0.4, 0.5) is 0 Å². The van der Waals surface area contributed by atoms with Gasteiger partial charge in [-0.3, -0.25) is 9.59 Å². The zero-order valence-corrected chi connectivity index (χ0v) is 14.3. The molecule has 0 N–H and O–H groups in total. The van der Waals surface area contributed by atoms with Gasteiger partial charge in [0.25, 0.3) is 5.91 Å². The second kappa shape index (κ2) is 7.74. The van der Waals surface area contributed by atoms with Crippen molar-refractivity contribution in [2.45, 2.75) is 19.4 Å². The fourth-order valence-corrected chi connectivity index (χ4v) is 2.73. The molecule has 0 saturated carbocycles. The molecule has 3 rings (SSSR count). The van der Waals surface area contributed by atoms with Crippen LogP contribution in [0.1, 0.15) is 34.1 Å². The Balaban J connectivity index is 1.91. The van der Waals surface area contributed by atoms with Crippen molar-refractivity contribution in [3.63, 3.8) is 0 Å². The van der Waals surface area contributed by atoms with Crippen molar-refractivity contribution < 1.29 is 19.1 Å². The van der Waals surface area contributed by atoms with E-state index in [0.29, 0.717) is 11.1 Å². The number of rotatable bonds is 5. The Morgan fingerprint density at radius 2 is 1.58 bits per heavy atom. The van der Waals surface area contributed by atoms with Crippen LogP contribution in [0.2, 0.25) is 0 Å². The predicted octanol–water partition coefficient (Wildman–Crippen LogP) is 2.70. The molecule has 0 fully saturated rings. The maximum absolute atomic E-state index is 12.8. The van der Waals surface area contributed by atoms with E-state index in [9.17, 15) is 14.4 Å². The number of nitrogens with zero attached hydrogens (tertiary/aromatic N) is 2. The van der Waals surface area contributed by atoms with Gasteiger partial charge in [0, 0.05) is 17.5 Å².